The lowest BCUT2D eigenvalue weighted by molar-refractivity contribution is -0.385. The first-order valence-corrected chi connectivity index (χ1v) is 4.39. The van der Waals surface area contributed by atoms with Gasteiger partial charge in [0.05, 0.1) is 4.92 Å². The van der Waals surface area contributed by atoms with E-state index >= 15 is 0 Å². The van der Waals surface area contributed by atoms with E-state index in [2.05, 4.69) is 0 Å². The third kappa shape index (κ3) is 3.38. The van der Waals surface area contributed by atoms with Crippen molar-refractivity contribution in [3.63, 3.8) is 0 Å². The molecule has 0 amide bonds. The molecule has 1 N–H and O–H groups in total. The number of hydrogen-bond acceptors (Lipinski definition) is 3. The Morgan fingerprint density at radius 2 is 2.00 bits per heavy atom. The highest BCUT2D eigenvalue weighted by Crippen LogP contribution is 2.25. The summed E-state index contributed by atoms with van der Waals surface area (Å²) in [5.74, 6) is -1.03. The first-order chi connectivity index (χ1) is 7.71. The summed E-state index contributed by atoms with van der Waals surface area (Å²) >= 11 is 0. The van der Waals surface area contributed by atoms with Crippen molar-refractivity contribution in [2.24, 2.45) is 0 Å². The zero-order chi connectivity index (χ0) is 13.2. The number of aliphatic hydroxyl groups excluding tert-OH is 1. The van der Waals surface area contributed by atoms with Crippen LogP contribution in [0.4, 0.5) is 23.2 Å². The Bertz CT molecular complexity index is 433. The summed E-state index contributed by atoms with van der Waals surface area (Å²) in [6, 6.07) is 2.19. The highest BCUT2D eigenvalue weighted by atomic mass is 19.4. The van der Waals surface area contributed by atoms with Crippen molar-refractivity contribution in [1.29, 1.82) is 0 Å². The van der Waals surface area contributed by atoms with E-state index < -0.39 is 40.7 Å². The van der Waals surface area contributed by atoms with Gasteiger partial charge in [0.15, 0.2) is 6.10 Å². The van der Waals surface area contributed by atoms with Crippen LogP contribution >= 0.6 is 0 Å². The van der Waals surface area contributed by atoms with Crippen LogP contribution in [0.3, 0.4) is 0 Å². The lowest BCUT2D eigenvalue weighted by atomic mass is 10.1. The van der Waals surface area contributed by atoms with Gasteiger partial charge in [-0.05, 0) is 11.6 Å². The van der Waals surface area contributed by atoms with Gasteiger partial charge in [-0.2, -0.15) is 13.2 Å². The summed E-state index contributed by atoms with van der Waals surface area (Å²) < 4.78 is 49.1. The van der Waals surface area contributed by atoms with Crippen molar-refractivity contribution in [2.45, 2.75) is 18.7 Å². The number of alkyl halides is 3. The third-order valence-corrected chi connectivity index (χ3v) is 2.03. The maximum Gasteiger partial charge on any atom is 0.414 e. The molecular weight excluding hydrogens is 246 g/mol. The van der Waals surface area contributed by atoms with Crippen molar-refractivity contribution in [2.75, 3.05) is 0 Å². The number of halogens is 4. The molecule has 1 aromatic rings. The summed E-state index contributed by atoms with van der Waals surface area (Å²) in [6.07, 6.45) is -8.70. The molecule has 0 aliphatic rings. The van der Waals surface area contributed by atoms with E-state index in [-0.39, 0.29) is 0 Å². The Morgan fingerprint density at radius 3 is 2.47 bits per heavy atom. The molecule has 0 aliphatic heterocycles. The summed E-state index contributed by atoms with van der Waals surface area (Å²) in [5, 5.41) is 19.1. The van der Waals surface area contributed by atoms with Gasteiger partial charge in [0.2, 0.25) is 0 Å². The predicted molar refractivity (Wildman–Crippen MR) is 48.8 cm³/mol. The van der Waals surface area contributed by atoms with Gasteiger partial charge in [0.1, 0.15) is 5.82 Å². The van der Waals surface area contributed by atoms with Crippen LogP contribution in [0.15, 0.2) is 18.2 Å². The first-order valence-electron chi connectivity index (χ1n) is 4.39. The van der Waals surface area contributed by atoms with E-state index in [9.17, 15) is 27.7 Å². The lowest BCUT2D eigenvalue weighted by Crippen LogP contribution is -2.30. The maximum absolute atomic E-state index is 13.1. The van der Waals surface area contributed by atoms with Gasteiger partial charge < -0.3 is 5.11 Å². The molecule has 4 nitrogen and oxygen atoms in total. The summed E-state index contributed by atoms with van der Waals surface area (Å²) in [6.45, 7) is 0. The molecule has 1 rings (SSSR count). The van der Waals surface area contributed by atoms with E-state index in [1.165, 1.54) is 0 Å². The van der Waals surface area contributed by atoms with Gasteiger partial charge in [0.25, 0.3) is 5.69 Å². The summed E-state index contributed by atoms with van der Waals surface area (Å²) in [7, 11) is 0. The molecule has 0 bridgehead atoms. The van der Waals surface area contributed by atoms with Crippen LogP contribution < -0.4 is 0 Å². The third-order valence-electron chi connectivity index (χ3n) is 2.03. The van der Waals surface area contributed by atoms with Crippen LogP contribution in [0.25, 0.3) is 0 Å². The molecule has 17 heavy (non-hydrogen) atoms. The van der Waals surface area contributed by atoms with Gasteiger partial charge in [-0.15, -0.1) is 0 Å². The number of nitro benzene ring substituents is 1. The molecule has 0 aliphatic carbocycles. The highest BCUT2D eigenvalue weighted by molar-refractivity contribution is 5.35. The highest BCUT2D eigenvalue weighted by Gasteiger charge is 2.38. The molecule has 1 atom stereocenters. The predicted octanol–water partition coefficient (Wildman–Crippen LogP) is 2.20. The smallest absolute Gasteiger partial charge is 0.383 e. The van der Waals surface area contributed by atoms with Gasteiger partial charge in [-0.1, -0.05) is 0 Å². The zero-order valence-corrected chi connectivity index (χ0v) is 8.24. The quantitative estimate of drug-likeness (QED) is 0.510. The van der Waals surface area contributed by atoms with Crippen LogP contribution in [0.5, 0.6) is 0 Å². The van der Waals surface area contributed by atoms with Crippen LogP contribution in [0.1, 0.15) is 5.56 Å². The number of non-ortho nitro benzene ring substituents is 1. The lowest BCUT2D eigenvalue weighted by Gasteiger charge is -2.14. The van der Waals surface area contributed by atoms with Crippen LogP contribution in [-0.4, -0.2) is 22.3 Å². The van der Waals surface area contributed by atoms with Crippen molar-refractivity contribution < 1.29 is 27.6 Å². The molecule has 0 saturated carbocycles. The van der Waals surface area contributed by atoms with E-state index in [1.54, 1.807) is 0 Å². The second kappa shape index (κ2) is 4.66. The molecule has 8 heteroatoms. The molecule has 0 aromatic heterocycles. The summed E-state index contributed by atoms with van der Waals surface area (Å²) in [5.41, 5.74) is -1.08. The van der Waals surface area contributed by atoms with Gasteiger partial charge in [0, 0.05) is 18.6 Å². The maximum atomic E-state index is 13.1. The van der Waals surface area contributed by atoms with Crippen molar-refractivity contribution in [3.8, 4) is 0 Å². The molecule has 0 fully saturated rings. The zero-order valence-electron chi connectivity index (χ0n) is 8.24. The first kappa shape index (κ1) is 13.4. The van der Waals surface area contributed by atoms with Gasteiger partial charge in [-0.25, -0.2) is 4.39 Å². The minimum absolute atomic E-state index is 0.532. The molecule has 1 unspecified atom stereocenters. The molecule has 94 valence electrons. The number of benzene rings is 1. The second-order valence-electron chi connectivity index (χ2n) is 3.29. The number of aliphatic hydroxyl groups is 1. The fourth-order valence-electron chi connectivity index (χ4n) is 1.16. The van der Waals surface area contributed by atoms with E-state index in [0.717, 1.165) is 6.07 Å². The number of nitro groups is 1. The molecule has 0 heterocycles. The normalized spacial score (nSPS) is 13.5. The Labute approximate surface area is 92.6 Å². The van der Waals surface area contributed by atoms with E-state index in [0.29, 0.717) is 12.1 Å². The molecule has 0 radical (unpaired) electrons. The van der Waals surface area contributed by atoms with Crippen molar-refractivity contribution in [1.82, 2.24) is 0 Å². The summed E-state index contributed by atoms with van der Waals surface area (Å²) in [4.78, 5) is 9.49. The molecule has 0 spiro atoms. The fraction of sp³-hybridized carbons (Fsp3) is 0.333. The molecular formula is C9H7F4NO3. The van der Waals surface area contributed by atoms with Gasteiger partial charge in [-0.3, -0.25) is 10.1 Å². The second-order valence-corrected chi connectivity index (χ2v) is 3.29. The average molecular weight is 253 g/mol. The SMILES string of the molecule is O=[N+]([O-])c1ccc(F)c(CC(O)C(F)(F)F)c1. The average Bonchev–Trinajstić information content (AvgIpc) is 2.19. The van der Waals surface area contributed by atoms with E-state index in [1.807, 2.05) is 0 Å². The van der Waals surface area contributed by atoms with Crippen molar-refractivity contribution in [3.05, 3.63) is 39.7 Å². The Hall–Kier alpha value is -1.70. The van der Waals surface area contributed by atoms with Crippen LogP contribution in [0.2, 0.25) is 0 Å². The largest absolute Gasteiger partial charge is 0.414 e. The topological polar surface area (TPSA) is 63.4 Å². The minimum atomic E-state index is -4.89. The Kier molecular flexibility index (Phi) is 3.66. The monoisotopic (exact) mass is 253 g/mol. The Morgan fingerprint density at radius 1 is 1.41 bits per heavy atom. The van der Waals surface area contributed by atoms with Crippen molar-refractivity contribution >= 4 is 5.69 Å². The van der Waals surface area contributed by atoms with E-state index in [4.69, 9.17) is 5.11 Å². The Balaban J connectivity index is 2.98. The molecule has 0 saturated heterocycles. The van der Waals surface area contributed by atoms with Crippen LogP contribution in [0, 0.1) is 15.9 Å². The number of hydrogen-bond donors (Lipinski definition) is 1. The number of rotatable bonds is 3. The molecule has 1 aromatic carbocycles. The fourth-order valence-corrected chi connectivity index (χ4v) is 1.16. The van der Waals surface area contributed by atoms with Gasteiger partial charge >= 0.3 is 6.18 Å². The number of nitrogens with zero attached hydrogens (tertiary/aromatic N) is 1. The standard InChI is InChI=1S/C9H7F4NO3/c10-7-2-1-6(14(16)17)3-5(7)4-8(15)9(11,12)13/h1-3,8,15H,4H2. The van der Waals surface area contributed by atoms with Crippen LogP contribution in [-0.2, 0) is 6.42 Å². The minimum Gasteiger partial charge on any atom is -0.383 e.